The molecule has 1 atom stereocenters. The van der Waals surface area contributed by atoms with E-state index in [1.807, 2.05) is 0 Å². The summed E-state index contributed by atoms with van der Waals surface area (Å²) in [5.41, 5.74) is 3.53. The van der Waals surface area contributed by atoms with Crippen molar-refractivity contribution in [3.05, 3.63) is 29.3 Å². The fraction of sp³-hybridized carbons (Fsp3) is 0.611. The molecule has 0 fully saturated rings. The number of hydrogen-bond acceptors (Lipinski definition) is 1. The minimum absolute atomic E-state index is 0.143. The van der Waals surface area contributed by atoms with Crippen molar-refractivity contribution in [2.75, 3.05) is 5.32 Å². The number of nitrogens with one attached hydrogen (secondary N) is 1. The second kappa shape index (κ2) is 8.78. The van der Waals surface area contributed by atoms with Gasteiger partial charge in [0, 0.05) is 11.6 Å². The fourth-order valence-electron chi connectivity index (χ4n) is 2.60. The van der Waals surface area contributed by atoms with E-state index in [4.69, 9.17) is 0 Å². The summed E-state index contributed by atoms with van der Waals surface area (Å²) in [7, 11) is 0. The molecule has 1 amide bonds. The summed E-state index contributed by atoms with van der Waals surface area (Å²) in [5, 5.41) is 3.20. The van der Waals surface area contributed by atoms with Crippen LogP contribution in [0.5, 0.6) is 0 Å². The maximum absolute atomic E-state index is 12.5. The first-order valence-corrected chi connectivity index (χ1v) is 8.09. The highest BCUT2D eigenvalue weighted by molar-refractivity contribution is 5.94. The molecule has 0 aliphatic carbocycles. The highest BCUT2D eigenvalue weighted by Gasteiger charge is 2.18. The van der Waals surface area contributed by atoms with Gasteiger partial charge in [-0.05, 0) is 36.8 Å². The van der Waals surface area contributed by atoms with Crippen LogP contribution in [0.4, 0.5) is 5.69 Å². The molecule has 0 saturated carbocycles. The maximum Gasteiger partial charge on any atom is 0.227 e. The fourth-order valence-corrected chi connectivity index (χ4v) is 2.60. The number of para-hydroxylation sites is 1. The zero-order chi connectivity index (χ0) is 15.0. The average molecular weight is 275 g/mol. The van der Waals surface area contributed by atoms with E-state index < -0.39 is 0 Å². The molecule has 2 nitrogen and oxygen atoms in total. The van der Waals surface area contributed by atoms with Crippen molar-refractivity contribution >= 4 is 11.6 Å². The predicted molar refractivity (Wildman–Crippen MR) is 87.1 cm³/mol. The van der Waals surface area contributed by atoms with Crippen LogP contribution in [0.1, 0.15) is 64.5 Å². The Hall–Kier alpha value is -1.31. The third-order valence-electron chi connectivity index (χ3n) is 4.02. The zero-order valence-electron chi connectivity index (χ0n) is 13.5. The number of aryl methyl sites for hydroxylation is 2. The lowest BCUT2D eigenvalue weighted by molar-refractivity contribution is -0.120. The van der Waals surface area contributed by atoms with Gasteiger partial charge in [-0.25, -0.2) is 0 Å². The summed E-state index contributed by atoms with van der Waals surface area (Å²) in [6.45, 7) is 8.55. The number of amides is 1. The van der Waals surface area contributed by atoms with E-state index in [2.05, 4.69) is 51.2 Å². The summed E-state index contributed by atoms with van der Waals surface area (Å²) < 4.78 is 0. The van der Waals surface area contributed by atoms with Gasteiger partial charge >= 0.3 is 0 Å². The van der Waals surface area contributed by atoms with Crippen LogP contribution < -0.4 is 5.32 Å². The molecule has 0 heterocycles. The molecule has 2 heteroatoms. The summed E-state index contributed by atoms with van der Waals surface area (Å²) in [6, 6.07) is 6.31. The summed E-state index contributed by atoms with van der Waals surface area (Å²) >= 11 is 0. The van der Waals surface area contributed by atoms with Crippen LogP contribution in [0.3, 0.4) is 0 Å². The predicted octanol–water partition coefficient (Wildman–Crippen LogP) is 4.97. The van der Waals surface area contributed by atoms with Gasteiger partial charge in [-0.1, -0.05) is 58.7 Å². The molecule has 1 aromatic carbocycles. The first-order chi connectivity index (χ1) is 9.67. The van der Waals surface area contributed by atoms with E-state index >= 15 is 0 Å². The Morgan fingerprint density at radius 1 is 1.10 bits per heavy atom. The molecular weight excluding hydrogens is 246 g/mol. The Morgan fingerprint density at radius 2 is 1.70 bits per heavy atom. The van der Waals surface area contributed by atoms with Crippen LogP contribution in [0.2, 0.25) is 0 Å². The van der Waals surface area contributed by atoms with Gasteiger partial charge in [-0.15, -0.1) is 0 Å². The van der Waals surface area contributed by atoms with Gasteiger partial charge in [0.2, 0.25) is 5.91 Å². The van der Waals surface area contributed by atoms with E-state index in [9.17, 15) is 4.79 Å². The van der Waals surface area contributed by atoms with Crippen molar-refractivity contribution in [1.82, 2.24) is 0 Å². The highest BCUT2D eigenvalue weighted by Crippen LogP contribution is 2.24. The number of hydrogen-bond donors (Lipinski definition) is 1. The third kappa shape index (κ3) is 4.36. The first-order valence-electron chi connectivity index (χ1n) is 8.09. The summed E-state index contributed by atoms with van der Waals surface area (Å²) in [6.07, 6.45) is 6.10. The third-order valence-corrected chi connectivity index (χ3v) is 4.02. The Labute approximate surface area is 124 Å². The number of anilines is 1. The maximum atomic E-state index is 12.5. The molecule has 0 aliphatic heterocycles. The van der Waals surface area contributed by atoms with E-state index in [0.717, 1.165) is 44.2 Å². The van der Waals surface area contributed by atoms with Crippen LogP contribution in [-0.4, -0.2) is 5.91 Å². The van der Waals surface area contributed by atoms with Gasteiger partial charge in [0.1, 0.15) is 0 Å². The first kappa shape index (κ1) is 16.7. The van der Waals surface area contributed by atoms with Crippen LogP contribution >= 0.6 is 0 Å². The smallest absolute Gasteiger partial charge is 0.227 e. The number of carbonyl (C=O) groups excluding carboxylic acids is 1. The topological polar surface area (TPSA) is 29.1 Å². The van der Waals surface area contributed by atoms with Gasteiger partial charge in [-0.2, -0.15) is 0 Å². The molecule has 0 aromatic heterocycles. The van der Waals surface area contributed by atoms with E-state index in [1.54, 1.807) is 0 Å². The summed E-state index contributed by atoms with van der Waals surface area (Å²) in [5.74, 6) is 0.334. The lowest BCUT2D eigenvalue weighted by atomic mass is 9.97. The molecular formula is C18H29NO. The van der Waals surface area contributed by atoms with Crippen molar-refractivity contribution in [2.24, 2.45) is 5.92 Å². The number of benzene rings is 1. The van der Waals surface area contributed by atoms with Crippen LogP contribution in [0, 0.1) is 5.92 Å². The van der Waals surface area contributed by atoms with Crippen molar-refractivity contribution in [3.63, 3.8) is 0 Å². The van der Waals surface area contributed by atoms with Crippen molar-refractivity contribution in [3.8, 4) is 0 Å². The molecule has 0 aliphatic rings. The molecule has 0 spiro atoms. The number of carbonyl (C=O) groups is 1. The Bertz CT molecular complexity index is 403. The van der Waals surface area contributed by atoms with Gasteiger partial charge in [0.05, 0.1) is 0 Å². The molecule has 0 radical (unpaired) electrons. The SMILES string of the molecule is CCCC[C@@H](CC)C(=O)Nc1c(CC)cccc1CC. The largest absolute Gasteiger partial charge is 0.325 e. The Balaban J connectivity index is 2.88. The lowest BCUT2D eigenvalue weighted by Gasteiger charge is -2.18. The van der Waals surface area contributed by atoms with Crippen LogP contribution in [0.25, 0.3) is 0 Å². The van der Waals surface area contributed by atoms with Gasteiger partial charge < -0.3 is 5.32 Å². The van der Waals surface area contributed by atoms with Crippen molar-refractivity contribution in [1.29, 1.82) is 0 Å². The molecule has 20 heavy (non-hydrogen) atoms. The van der Waals surface area contributed by atoms with Crippen molar-refractivity contribution < 1.29 is 4.79 Å². The monoisotopic (exact) mass is 275 g/mol. The molecule has 112 valence electrons. The van der Waals surface area contributed by atoms with Crippen LogP contribution in [0.15, 0.2) is 18.2 Å². The molecule has 1 aromatic rings. The average Bonchev–Trinajstić information content (AvgIpc) is 2.48. The minimum atomic E-state index is 0.143. The number of unbranched alkanes of at least 4 members (excludes halogenated alkanes) is 1. The van der Waals surface area contributed by atoms with Gasteiger partial charge in [0.25, 0.3) is 0 Å². The minimum Gasteiger partial charge on any atom is -0.325 e. The second-order valence-corrected chi connectivity index (χ2v) is 5.40. The quantitative estimate of drug-likeness (QED) is 0.713. The molecule has 0 bridgehead atoms. The Morgan fingerprint density at radius 3 is 2.15 bits per heavy atom. The second-order valence-electron chi connectivity index (χ2n) is 5.40. The van der Waals surface area contributed by atoms with Gasteiger partial charge in [-0.3, -0.25) is 4.79 Å². The van der Waals surface area contributed by atoms with E-state index in [0.29, 0.717) is 0 Å². The standard InChI is InChI=1S/C18H29NO/c1-5-9-11-16(8-4)18(20)19-17-14(6-2)12-10-13-15(17)7-3/h10,12-13,16H,5-9,11H2,1-4H3,(H,19,20)/t16-/m1/s1. The van der Waals surface area contributed by atoms with Crippen molar-refractivity contribution in [2.45, 2.75) is 66.2 Å². The van der Waals surface area contributed by atoms with Crippen LogP contribution in [-0.2, 0) is 17.6 Å². The Kier molecular flexibility index (Phi) is 7.35. The molecule has 0 saturated heterocycles. The normalized spacial score (nSPS) is 12.2. The van der Waals surface area contributed by atoms with Gasteiger partial charge in [0.15, 0.2) is 0 Å². The molecule has 0 unspecified atom stereocenters. The summed E-state index contributed by atoms with van der Waals surface area (Å²) in [4.78, 5) is 12.5. The van der Waals surface area contributed by atoms with E-state index in [1.165, 1.54) is 11.1 Å². The zero-order valence-corrected chi connectivity index (χ0v) is 13.5. The number of rotatable bonds is 8. The molecule has 1 N–H and O–H groups in total. The molecule has 1 rings (SSSR count). The highest BCUT2D eigenvalue weighted by atomic mass is 16.1. The van der Waals surface area contributed by atoms with E-state index in [-0.39, 0.29) is 11.8 Å². The lowest BCUT2D eigenvalue weighted by Crippen LogP contribution is -2.23.